The summed E-state index contributed by atoms with van der Waals surface area (Å²) in [5.41, 5.74) is 0.979. The Labute approximate surface area is 205 Å². The molecule has 2 aliphatic rings. The van der Waals surface area contributed by atoms with Crippen molar-refractivity contribution in [3.63, 3.8) is 0 Å². The van der Waals surface area contributed by atoms with Gasteiger partial charge in [-0.3, -0.25) is 4.79 Å². The molecule has 0 bridgehead atoms. The van der Waals surface area contributed by atoms with E-state index in [0.29, 0.717) is 50.4 Å². The number of anilines is 1. The third kappa shape index (κ3) is 6.25. The zero-order valence-electron chi connectivity index (χ0n) is 19.1. The van der Waals surface area contributed by atoms with Crippen LogP contribution < -0.4 is 5.32 Å². The fraction of sp³-hybridized carbons (Fsp3) is 0.435. The minimum atomic E-state index is -3.61. The van der Waals surface area contributed by atoms with E-state index in [1.54, 1.807) is 12.1 Å². The highest BCUT2D eigenvalue weighted by atomic mass is 32.2. The molecule has 2 saturated heterocycles. The van der Waals surface area contributed by atoms with Crippen LogP contribution in [0.5, 0.6) is 0 Å². The highest BCUT2D eigenvalue weighted by molar-refractivity contribution is 7.89. The molecule has 0 saturated carbocycles. The van der Waals surface area contributed by atoms with Crippen molar-refractivity contribution in [1.29, 1.82) is 0 Å². The predicted molar refractivity (Wildman–Crippen MR) is 128 cm³/mol. The number of nitrogens with one attached hydrogen (secondary N) is 1. The molecule has 190 valence electrons. The van der Waals surface area contributed by atoms with Gasteiger partial charge in [-0.15, -0.1) is 0 Å². The lowest BCUT2D eigenvalue weighted by atomic mass is 9.97. The van der Waals surface area contributed by atoms with Crippen LogP contribution in [-0.4, -0.2) is 70.7 Å². The van der Waals surface area contributed by atoms with Crippen molar-refractivity contribution >= 4 is 31.6 Å². The van der Waals surface area contributed by atoms with Crippen LogP contribution in [0.3, 0.4) is 0 Å². The number of sulfonamides is 2. The molecular formula is C23H28FN3O6S2. The van der Waals surface area contributed by atoms with Gasteiger partial charge in [0.2, 0.25) is 26.0 Å². The first-order valence-electron chi connectivity index (χ1n) is 11.4. The van der Waals surface area contributed by atoms with Crippen LogP contribution in [0.4, 0.5) is 10.1 Å². The summed E-state index contributed by atoms with van der Waals surface area (Å²) in [6.07, 6.45) is 0.746. The molecule has 1 N–H and O–H groups in total. The lowest BCUT2D eigenvalue weighted by Crippen LogP contribution is -2.41. The number of hydrogen-bond acceptors (Lipinski definition) is 6. The first-order chi connectivity index (χ1) is 16.6. The topological polar surface area (TPSA) is 113 Å². The first kappa shape index (κ1) is 25.7. The Bertz CT molecular complexity index is 1240. The van der Waals surface area contributed by atoms with E-state index in [-0.39, 0.29) is 35.6 Å². The zero-order chi connectivity index (χ0) is 25.1. The average molecular weight is 526 g/mol. The fourth-order valence-electron chi connectivity index (χ4n) is 4.17. The van der Waals surface area contributed by atoms with Crippen LogP contribution in [0.25, 0.3) is 0 Å². The quantitative estimate of drug-likeness (QED) is 0.592. The van der Waals surface area contributed by atoms with E-state index >= 15 is 0 Å². The van der Waals surface area contributed by atoms with Crippen LogP contribution in [0, 0.1) is 11.7 Å². The number of ether oxygens (including phenoxy) is 1. The van der Waals surface area contributed by atoms with Crippen molar-refractivity contribution in [2.75, 3.05) is 44.7 Å². The molecule has 0 spiro atoms. The lowest BCUT2D eigenvalue weighted by Gasteiger charge is -2.30. The van der Waals surface area contributed by atoms with Crippen LogP contribution in [0.2, 0.25) is 0 Å². The normalized spacial score (nSPS) is 18.9. The molecule has 12 heteroatoms. The number of piperidine rings is 1. The van der Waals surface area contributed by atoms with Gasteiger partial charge in [0.15, 0.2) is 0 Å². The standard InChI is InChI=1S/C23H28FN3O6S2/c24-20-3-1-18(2-4-20)17-34(29,30)26-11-9-19(10-12-26)23(28)25-21-5-7-22(8-6-21)35(31,32)27-13-15-33-16-14-27/h1-8,19H,9-17H2,(H,25,28). The van der Waals surface area contributed by atoms with Gasteiger partial charge in [0, 0.05) is 37.8 Å². The molecule has 9 nitrogen and oxygen atoms in total. The molecule has 2 aromatic carbocycles. The van der Waals surface area contributed by atoms with Gasteiger partial charge in [0.05, 0.1) is 23.9 Å². The van der Waals surface area contributed by atoms with Crippen molar-refractivity contribution in [2.45, 2.75) is 23.5 Å². The molecule has 0 unspecified atom stereocenters. The number of amides is 1. The van der Waals surface area contributed by atoms with Crippen molar-refractivity contribution in [1.82, 2.24) is 8.61 Å². The Morgan fingerprint density at radius 2 is 1.49 bits per heavy atom. The molecular weight excluding hydrogens is 497 g/mol. The predicted octanol–water partition coefficient (Wildman–Crippen LogP) is 2.03. The van der Waals surface area contributed by atoms with E-state index < -0.39 is 25.9 Å². The minimum Gasteiger partial charge on any atom is -0.379 e. The molecule has 0 aromatic heterocycles. The monoisotopic (exact) mass is 525 g/mol. The number of nitrogens with zero attached hydrogens (tertiary/aromatic N) is 2. The van der Waals surface area contributed by atoms with E-state index in [1.165, 1.54) is 45.0 Å². The Morgan fingerprint density at radius 1 is 0.886 bits per heavy atom. The Kier molecular flexibility index (Phi) is 7.86. The fourth-order valence-corrected chi connectivity index (χ4v) is 7.14. The number of benzene rings is 2. The van der Waals surface area contributed by atoms with E-state index in [1.807, 2.05) is 0 Å². The third-order valence-electron chi connectivity index (χ3n) is 6.21. The molecule has 0 atom stereocenters. The molecule has 35 heavy (non-hydrogen) atoms. The Balaban J connectivity index is 1.30. The van der Waals surface area contributed by atoms with Crippen molar-refractivity contribution in [2.24, 2.45) is 5.92 Å². The zero-order valence-corrected chi connectivity index (χ0v) is 20.7. The Hall–Kier alpha value is -2.38. The van der Waals surface area contributed by atoms with E-state index in [0.717, 1.165) is 0 Å². The number of carbonyl (C=O) groups excluding carboxylic acids is 1. The lowest BCUT2D eigenvalue weighted by molar-refractivity contribution is -0.120. The highest BCUT2D eigenvalue weighted by Gasteiger charge is 2.31. The molecule has 0 aliphatic carbocycles. The summed E-state index contributed by atoms with van der Waals surface area (Å²) < 4.78 is 71.9. The highest BCUT2D eigenvalue weighted by Crippen LogP contribution is 2.24. The first-order valence-corrected chi connectivity index (χ1v) is 14.4. The molecule has 2 aromatic rings. The van der Waals surface area contributed by atoms with Crippen LogP contribution in [-0.2, 0) is 35.3 Å². The van der Waals surface area contributed by atoms with E-state index in [9.17, 15) is 26.0 Å². The summed E-state index contributed by atoms with van der Waals surface area (Å²) in [6, 6.07) is 11.4. The van der Waals surface area contributed by atoms with Gasteiger partial charge in [-0.05, 0) is 54.8 Å². The molecule has 2 heterocycles. The number of carbonyl (C=O) groups is 1. The SMILES string of the molecule is O=C(Nc1ccc(S(=O)(=O)N2CCOCC2)cc1)C1CCN(S(=O)(=O)Cc2ccc(F)cc2)CC1. The second-order valence-corrected chi connectivity index (χ2v) is 12.5. The molecule has 0 radical (unpaired) electrons. The number of halogens is 1. The van der Waals surface area contributed by atoms with Gasteiger partial charge < -0.3 is 10.1 Å². The van der Waals surface area contributed by atoms with Gasteiger partial charge in [-0.2, -0.15) is 4.31 Å². The van der Waals surface area contributed by atoms with Gasteiger partial charge in [-0.25, -0.2) is 25.5 Å². The summed E-state index contributed by atoms with van der Waals surface area (Å²) in [6.45, 7) is 1.77. The number of morpholine rings is 1. The summed E-state index contributed by atoms with van der Waals surface area (Å²) >= 11 is 0. The van der Waals surface area contributed by atoms with Gasteiger partial charge >= 0.3 is 0 Å². The summed E-state index contributed by atoms with van der Waals surface area (Å²) in [7, 11) is -7.19. The molecule has 2 aliphatic heterocycles. The molecule has 4 rings (SSSR count). The summed E-state index contributed by atoms with van der Waals surface area (Å²) in [5, 5.41) is 2.80. The van der Waals surface area contributed by atoms with Gasteiger partial charge in [-0.1, -0.05) is 12.1 Å². The van der Waals surface area contributed by atoms with Crippen LogP contribution >= 0.6 is 0 Å². The maximum absolute atomic E-state index is 13.1. The molecule has 1 amide bonds. The average Bonchev–Trinajstić information content (AvgIpc) is 2.86. The summed E-state index contributed by atoms with van der Waals surface area (Å²) in [5.74, 6) is -1.23. The maximum atomic E-state index is 13.1. The summed E-state index contributed by atoms with van der Waals surface area (Å²) in [4.78, 5) is 12.9. The van der Waals surface area contributed by atoms with Crippen LogP contribution in [0.15, 0.2) is 53.4 Å². The Morgan fingerprint density at radius 3 is 2.09 bits per heavy atom. The second-order valence-electron chi connectivity index (χ2n) is 8.59. The van der Waals surface area contributed by atoms with Crippen LogP contribution in [0.1, 0.15) is 18.4 Å². The smallest absolute Gasteiger partial charge is 0.243 e. The minimum absolute atomic E-state index is 0.150. The number of hydrogen-bond donors (Lipinski definition) is 1. The number of rotatable bonds is 7. The largest absolute Gasteiger partial charge is 0.379 e. The maximum Gasteiger partial charge on any atom is 0.243 e. The van der Waals surface area contributed by atoms with Crippen molar-refractivity contribution in [3.8, 4) is 0 Å². The van der Waals surface area contributed by atoms with E-state index in [2.05, 4.69) is 5.32 Å². The van der Waals surface area contributed by atoms with E-state index in [4.69, 9.17) is 4.74 Å². The van der Waals surface area contributed by atoms with Gasteiger partial charge in [0.1, 0.15) is 5.82 Å². The van der Waals surface area contributed by atoms with Crippen molar-refractivity contribution in [3.05, 3.63) is 59.9 Å². The second kappa shape index (κ2) is 10.7. The molecule has 2 fully saturated rings. The van der Waals surface area contributed by atoms with Crippen molar-refractivity contribution < 1.29 is 30.8 Å². The van der Waals surface area contributed by atoms with Gasteiger partial charge in [0.25, 0.3) is 0 Å². The third-order valence-corrected chi connectivity index (χ3v) is 9.97.